The third-order valence-electron chi connectivity index (χ3n) is 4.44. The van der Waals surface area contributed by atoms with Crippen LogP contribution in [-0.4, -0.2) is 53.7 Å². The van der Waals surface area contributed by atoms with E-state index in [2.05, 4.69) is 5.32 Å². The van der Waals surface area contributed by atoms with Gasteiger partial charge in [-0.15, -0.1) is 0 Å². The molecular formula is C21H18FN3O7S. The SMILES string of the molecule is COc1ccc([N+](=O)[O-])cc1OCC(=O)NCCN1C(=O)S/C(=C\c2ccccc2F)C1=O. The number of ether oxygens (including phenoxy) is 2. The summed E-state index contributed by atoms with van der Waals surface area (Å²) < 4.78 is 24.2. The molecular weight excluding hydrogens is 457 g/mol. The van der Waals surface area contributed by atoms with Crippen LogP contribution in [0.2, 0.25) is 0 Å². The summed E-state index contributed by atoms with van der Waals surface area (Å²) in [5.41, 5.74) is -0.0426. The van der Waals surface area contributed by atoms with Crippen molar-refractivity contribution >= 4 is 40.6 Å². The number of amides is 3. The second-order valence-corrected chi connectivity index (χ2v) is 7.58. The normalized spacial score (nSPS) is 14.5. The highest BCUT2D eigenvalue weighted by atomic mass is 32.2. The fourth-order valence-electron chi connectivity index (χ4n) is 2.82. The summed E-state index contributed by atoms with van der Waals surface area (Å²) in [5, 5.41) is 12.9. The average molecular weight is 475 g/mol. The van der Waals surface area contributed by atoms with Crippen LogP contribution in [-0.2, 0) is 9.59 Å². The summed E-state index contributed by atoms with van der Waals surface area (Å²) in [5.74, 6) is -1.44. The highest BCUT2D eigenvalue weighted by Crippen LogP contribution is 2.32. The van der Waals surface area contributed by atoms with Crippen LogP contribution in [0.25, 0.3) is 6.08 Å². The number of nitrogens with zero attached hydrogens (tertiary/aromatic N) is 2. The van der Waals surface area contributed by atoms with Crippen molar-refractivity contribution in [3.63, 3.8) is 0 Å². The first-order valence-corrected chi connectivity index (χ1v) is 10.3. The number of nitrogens with one attached hydrogen (secondary N) is 1. The fourth-order valence-corrected chi connectivity index (χ4v) is 3.68. The molecule has 0 unspecified atom stereocenters. The highest BCUT2D eigenvalue weighted by Gasteiger charge is 2.34. The van der Waals surface area contributed by atoms with Crippen LogP contribution in [0.3, 0.4) is 0 Å². The summed E-state index contributed by atoms with van der Waals surface area (Å²) in [6.07, 6.45) is 1.30. The minimum Gasteiger partial charge on any atom is -0.493 e. The van der Waals surface area contributed by atoms with E-state index in [1.165, 1.54) is 43.5 Å². The summed E-state index contributed by atoms with van der Waals surface area (Å²) in [7, 11) is 1.35. The van der Waals surface area contributed by atoms with Gasteiger partial charge in [0.15, 0.2) is 18.1 Å². The molecule has 0 radical (unpaired) electrons. The van der Waals surface area contributed by atoms with E-state index in [0.29, 0.717) is 11.8 Å². The summed E-state index contributed by atoms with van der Waals surface area (Å²) in [4.78, 5) is 48.0. The lowest BCUT2D eigenvalue weighted by Crippen LogP contribution is -2.38. The smallest absolute Gasteiger partial charge is 0.293 e. The van der Waals surface area contributed by atoms with Gasteiger partial charge in [0.05, 0.1) is 23.0 Å². The zero-order valence-electron chi connectivity index (χ0n) is 17.3. The van der Waals surface area contributed by atoms with E-state index >= 15 is 0 Å². The van der Waals surface area contributed by atoms with Crippen LogP contribution >= 0.6 is 11.8 Å². The minimum atomic E-state index is -0.608. The molecule has 0 bridgehead atoms. The molecule has 1 N–H and O–H groups in total. The number of thioether (sulfide) groups is 1. The fraction of sp³-hybridized carbons (Fsp3) is 0.190. The predicted molar refractivity (Wildman–Crippen MR) is 117 cm³/mol. The Bertz CT molecular complexity index is 1140. The van der Waals surface area contributed by atoms with Gasteiger partial charge in [-0.1, -0.05) is 18.2 Å². The summed E-state index contributed by atoms with van der Waals surface area (Å²) in [6, 6.07) is 9.58. The number of methoxy groups -OCH3 is 1. The lowest BCUT2D eigenvalue weighted by Gasteiger charge is -2.14. The molecule has 33 heavy (non-hydrogen) atoms. The number of non-ortho nitro benzene ring substituents is 1. The van der Waals surface area contributed by atoms with Crippen molar-refractivity contribution in [2.45, 2.75) is 0 Å². The first-order chi connectivity index (χ1) is 15.8. The molecule has 1 aliphatic rings. The van der Waals surface area contributed by atoms with Crippen molar-refractivity contribution in [3.8, 4) is 11.5 Å². The molecule has 2 aromatic rings. The number of nitro groups is 1. The Morgan fingerprint density at radius 2 is 2.00 bits per heavy atom. The van der Waals surface area contributed by atoms with Gasteiger partial charge in [-0.2, -0.15) is 0 Å². The molecule has 2 aromatic carbocycles. The molecule has 1 heterocycles. The van der Waals surface area contributed by atoms with Gasteiger partial charge < -0.3 is 14.8 Å². The van der Waals surface area contributed by atoms with E-state index < -0.39 is 34.4 Å². The number of rotatable bonds is 9. The maximum Gasteiger partial charge on any atom is 0.293 e. The number of benzene rings is 2. The maximum absolute atomic E-state index is 13.8. The summed E-state index contributed by atoms with van der Waals surface area (Å²) >= 11 is 0.685. The van der Waals surface area contributed by atoms with Crippen LogP contribution in [0.1, 0.15) is 5.56 Å². The lowest BCUT2D eigenvalue weighted by atomic mass is 10.2. The number of hydrogen-bond acceptors (Lipinski definition) is 8. The van der Waals surface area contributed by atoms with E-state index in [1.807, 2.05) is 0 Å². The summed E-state index contributed by atoms with van der Waals surface area (Å²) in [6.45, 7) is -0.600. The number of hydrogen-bond donors (Lipinski definition) is 1. The first-order valence-electron chi connectivity index (χ1n) is 9.52. The molecule has 0 aromatic heterocycles. The lowest BCUT2D eigenvalue weighted by molar-refractivity contribution is -0.385. The maximum atomic E-state index is 13.8. The van der Waals surface area contributed by atoms with Gasteiger partial charge in [0, 0.05) is 24.7 Å². The van der Waals surface area contributed by atoms with Gasteiger partial charge >= 0.3 is 0 Å². The van der Waals surface area contributed by atoms with Crippen molar-refractivity contribution in [1.29, 1.82) is 0 Å². The van der Waals surface area contributed by atoms with Gasteiger partial charge in [0.1, 0.15) is 5.82 Å². The molecule has 1 fully saturated rings. The molecule has 3 rings (SSSR count). The first kappa shape index (κ1) is 23.7. The molecule has 3 amide bonds. The van der Waals surface area contributed by atoms with Crippen molar-refractivity contribution in [1.82, 2.24) is 10.2 Å². The Balaban J connectivity index is 1.52. The quantitative estimate of drug-likeness (QED) is 0.333. The Hall–Kier alpha value is -3.93. The van der Waals surface area contributed by atoms with Crippen LogP contribution in [0.4, 0.5) is 14.9 Å². The van der Waals surface area contributed by atoms with Crippen LogP contribution in [0.15, 0.2) is 47.4 Å². The van der Waals surface area contributed by atoms with E-state index in [-0.39, 0.29) is 40.7 Å². The van der Waals surface area contributed by atoms with Crippen molar-refractivity contribution in [2.75, 3.05) is 26.8 Å². The van der Waals surface area contributed by atoms with Crippen molar-refractivity contribution < 1.29 is 33.2 Å². The number of nitro benzene ring substituents is 1. The zero-order valence-corrected chi connectivity index (χ0v) is 18.1. The molecule has 1 saturated heterocycles. The molecule has 0 atom stereocenters. The average Bonchev–Trinajstić information content (AvgIpc) is 3.06. The van der Waals surface area contributed by atoms with Crippen LogP contribution in [0.5, 0.6) is 11.5 Å². The number of halogens is 1. The van der Waals surface area contributed by atoms with Crippen LogP contribution < -0.4 is 14.8 Å². The molecule has 1 aliphatic heterocycles. The molecule has 0 saturated carbocycles. The number of carbonyl (C=O) groups excluding carboxylic acids is 3. The van der Waals surface area contributed by atoms with E-state index in [1.54, 1.807) is 6.07 Å². The van der Waals surface area contributed by atoms with Gasteiger partial charge in [0.2, 0.25) is 0 Å². The van der Waals surface area contributed by atoms with Gasteiger partial charge in [-0.05, 0) is 30.0 Å². The third kappa shape index (κ3) is 5.86. The largest absolute Gasteiger partial charge is 0.493 e. The second kappa shape index (κ2) is 10.6. The Morgan fingerprint density at radius 1 is 1.24 bits per heavy atom. The highest BCUT2D eigenvalue weighted by molar-refractivity contribution is 8.18. The van der Waals surface area contributed by atoms with Gasteiger partial charge in [0.25, 0.3) is 22.7 Å². The van der Waals surface area contributed by atoms with E-state index in [9.17, 15) is 28.9 Å². The minimum absolute atomic E-state index is 0.0195. The van der Waals surface area contributed by atoms with Gasteiger partial charge in [-0.25, -0.2) is 4.39 Å². The molecule has 12 heteroatoms. The van der Waals surface area contributed by atoms with E-state index in [0.717, 1.165) is 11.0 Å². The zero-order chi connectivity index (χ0) is 24.0. The van der Waals surface area contributed by atoms with E-state index in [4.69, 9.17) is 9.47 Å². The monoisotopic (exact) mass is 475 g/mol. The topological polar surface area (TPSA) is 128 Å². The standard InChI is InChI=1S/C21H18FN3O7S/c1-31-16-7-6-14(25(29)30)11-17(16)32-12-19(26)23-8-9-24-20(27)18(33-21(24)28)10-13-4-2-3-5-15(13)22/h2-7,10-11H,8-9,12H2,1H3,(H,23,26)/b18-10-. The van der Waals surface area contributed by atoms with Crippen molar-refractivity contribution in [2.24, 2.45) is 0 Å². The molecule has 172 valence electrons. The number of carbonyl (C=O) groups is 3. The molecule has 10 nitrogen and oxygen atoms in total. The number of imide groups is 1. The third-order valence-corrected chi connectivity index (χ3v) is 5.35. The Morgan fingerprint density at radius 3 is 2.70 bits per heavy atom. The van der Waals surface area contributed by atoms with Gasteiger partial charge in [-0.3, -0.25) is 29.4 Å². The second-order valence-electron chi connectivity index (χ2n) is 6.59. The Kier molecular flexibility index (Phi) is 7.61. The molecule has 0 spiro atoms. The van der Waals surface area contributed by atoms with Crippen molar-refractivity contribution in [3.05, 3.63) is 68.9 Å². The Labute approximate surface area is 191 Å². The molecule has 0 aliphatic carbocycles. The van der Waals surface area contributed by atoms with Crippen LogP contribution in [0, 0.1) is 15.9 Å². The predicted octanol–water partition coefficient (Wildman–Crippen LogP) is 2.97.